The molecule has 0 bridgehead atoms. The first kappa shape index (κ1) is 13.4. The zero-order valence-electron chi connectivity index (χ0n) is 10.5. The number of ether oxygens (including phenoxy) is 1. The van der Waals surface area contributed by atoms with Gasteiger partial charge in [-0.2, -0.15) is 0 Å². The Labute approximate surface area is 117 Å². The molecule has 0 aliphatic carbocycles. The molecule has 0 heterocycles. The van der Waals surface area contributed by atoms with Gasteiger partial charge >= 0.3 is 0 Å². The van der Waals surface area contributed by atoms with Crippen molar-refractivity contribution < 1.29 is 9.53 Å². The molecule has 0 N–H and O–H groups in total. The Morgan fingerprint density at radius 1 is 1.16 bits per heavy atom. The van der Waals surface area contributed by atoms with E-state index < -0.39 is 0 Å². The van der Waals surface area contributed by atoms with Gasteiger partial charge < -0.3 is 9.64 Å². The van der Waals surface area contributed by atoms with Gasteiger partial charge in [-0.3, -0.25) is 4.79 Å². The minimum Gasteiger partial charge on any atom is -0.484 e. The number of benzene rings is 2. The number of likely N-dealkylation sites (N-methyl/N-ethyl adjacent to an activating group) is 1. The van der Waals surface area contributed by atoms with Crippen molar-refractivity contribution in [3.05, 3.63) is 59.6 Å². The lowest BCUT2D eigenvalue weighted by molar-refractivity contribution is -0.120. The van der Waals surface area contributed by atoms with Crippen LogP contribution in [0.1, 0.15) is 0 Å². The van der Waals surface area contributed by atoms with Crippen LogP contribution in [0.5, 0.6) is 5.75 Å². The third kappa shape index (κ3) is 3.73. The van der Waals surface area contributed by atoms with Crippen LogP contribution in [0.4, 0.5) is 5.69 Å². The average molecular weight is 276 g/mol. The standard InChI is InChI=1S/C15H14ClNO2/c1-17(13-7-5-6-12(16)10-13)15(18)11-19-14-8-3-2-4-9-14/h2-10H,11H2,1H3. The first-order chi connectivity index (χ1) is 9.16. The van der Waals surface area contributed by atoms with Crippen molar-refractivity contribution in [2.24, 2.45) is 0 Å². The second kappa shape index (κ2) is 6.25. The summed E-state index contributed by atoms with van der Waals surface area (Å²) >= 11 is 5.90. The summed E-state index contributed by atoms with van der Waals surface area (Å²) in [5.41, 5.74) is 0.745. The first-order valence-electron chi connectivity index (χ1n) is 5.87. The molecule has 0 fully saturated rings. The van der Waals surface area contributed by atoms with Gasteiger partial charge in [0.25, 0.3) is 5.91 Å². The molecular formula is C15H14ClNO2. The number of carbonyl (C=O) groups excluding carboxylic acids is 1. The molecule has 0 radical (unpaired) electrons. The lowest BCUT2D eigenvalue weighted by Crippen LogP contribution is -2.31. The molecule has 0 unspecified atom stereocenters. The molecule has 98 valence electrons. The molecule has 2 rings (SSSR count). The fraction of sp³-hybridized carbons (Fsp3) is 0.133. The van der Waals surface area contributed by atoms with Crippen molar-refractivity contribution in [1.29, 1.82) is 0 Å². The fourth-order valence-corrected chi connectivity index (χ4v) is 1.77. The molecule has 2 aromatic carbocycles. The number of hydrogen-bond acceptors (Lipinski definition) is 2. The zero-order chi connectivity index (χ0) is 13.7. The van der Waals surface area contributed by atoms with Crippen LogP contribution in [0.25, 0.3) is 0 Å². The van der Waals surface area contributed by atoms with Gasteiger partial charge in [0.2, 0.25) is 0 Å². The van der Waals surface area contributed by atoms with Crippen molar-refractivity contribution in [2.75, 3.05) is 18.6 Å². The first-order valence-corrected chi connectivity index (χ1v) is 6.24. The van der Waals surface area contributed by atoms with Gasteiger partial charge in [0.05, 0.1) is 0 Å². The van der Waals surface area contributed by atoms with Crippen LogP contribution in [0.2, 0.25) is 5.02 Å². The summed E-state index contributed by atoms with van der Waals surface area (Å²) in [6, 6.07) is 16.4. The molecule has 1 amide bonds. The predicted octanol–water partition coefficient (Wildman–Crippen LogP) is 3.38. The van der Waals surface area contributed by atoms with E-state index in [4.69, 9.17) is 16.3 Å². The Bertz CT molecular complexity index is 557. The van der Waals surface area contributed by atoms with Gasteiger partial charge in [0, 0.05) is 17.8 Å². The van der Waals surface area contributed by atoms with Crippen molar-refractivity contribution in [3.63, 3.8) is 0 Å². The molecule has 3 nitrogen and oxygen atoms in total. The van der Waals surface area contributed by atoms with E-state index in [-0.39, 0.29) is 12.5 Å². The van der Waals surface area contributed by atoms with E-state index in [1.54, 1.807) is 25.2 Å². The van der Waals surface area contributed by atoms with E-state index in [1.807, 2.05) is 36.4 Å². The maximum absolute atomic E-state index is 12.0. The summed E-state index contributed by atoms with van der Waals surface area (Å²) in [6.07, 6.45) is 0. The van der Waals surface area contributed by atoms with E-state index in [0.29, 0.717) is 10.8 Å². The van der Waals surface area contributed by atoms with Crippen molar-refractivity contribution >= 4 is 23.2 Å². The Kier molecular flexibility index (Phi) is 4.42. The van der Waals surface area contributed by atoms with Crippen LogP contribution in [-0.2, 0) is 4.79 Å². The van der Waals surface area contributed by atoms with E-state index in [2.05, 4.69) is 0 Å². The van der Waals surface area contributed by atoms with E-state index in [0.717, 1.165) is 5.69 Å². The van der Waals surface area contributed by atoms with Crippen LogP contribution in [0.3, 0.4) is 0 Å². The predicted molar refractivity (Wildman–Crippen MR) is 76.8 cm³/mol. The largest absolute Gasteiger partial charge is 0.484 e. The molecule has 2 aromatic rings. The number of amides is 1. The Morgan fingerprint density at radius 2 is 1.89 bits per heavy atom. The monoisotopic (exact) mass is 275 g/mol. The van der Waals surface area contributed by atoms with Gasteiger partial charge in [-0.25, -0.2) is 0 Å². The number of rotatable bonds is 4. The summed E-state index contributed by atoms with van der Waals surface area (Å²) in [5.74, 6) is 0.543. The van der Waals surface area contributed by atoms with Crippen molar-refractivity contribution in [2.45, 2.75) is 0 Å². The third-order valence-electron chi connectivity index (χ3n) is 2.68. The molecular weight excluding hydrogens is 262 g/mol. The molecule has 0 aliphatic rings. The molecule has 0 atom stereocenters. The maximum atomic E-state index is 12.0. The minimum absolute atomic E-state index is 0.00692. The summed E-state index contributed by atoms with van der Waals surface area (Å²) in [5, 5.41) is 0.598. The molecule has 0 aromatic heterocycles. The van der Waals surface area contributed by atoms with Gasteiger partial charge in [0.15, 0.2) is 6.61 Å². The topological polar surface area (TPSA) is 29.5 Å². The van der Waals surface area contributed by atoms with Crippen molar-refractivity contribution in [1.82, 2.24) is 0 Å². The summed E-state index contributed by atoms with van der Waals surface area (Å²) < 4.78 is 5.42. The Morgan fingerprint density at radius 3 is 2.58 bits per heavy atom. The number of carbonyl (C=O) groups is 1. The van der Waals surface area contributed by atoms with Crippen LogP contribution in [0.15, 0.2) is 54.6 Å². The summed E-state index contributed by atoms with van der Waals surface area (Å²) in [7, 11) is 1.70. The highest BCUT2D eigenvalue weighted by Crippen LogP contribution is 2.18. The van der Waals surface area contributed by atoms with Gasteiger partial charge in [0.1, 0.15) is 5.75 Å². The molecule has 0 aliphatic heterocycles. The number of anilines is 1. The number of nitrogens with zero attached hydrogens (tertiary/aromatic N) is 1. The Balaban J connectivity index is 1.96. The maximum Gasteiger partial charge on any atom is 0.264 e. The minimum atomic E-state index is -0.133. The summed E-state index contributed by atoms with van der Waals surface area (Å²) in [4.78, 5) is 13.5. The molecule has 0 spiro atoms. The van der Waals surface area contributed by atoms with Crippen LogP contribution < -0.4 is 9.64 Å². The fourth-order valence-electron chi connectivity index (χ4n) is 1.59. The van der Waals surface area contributed by atoms with Crippen LogP contribution in [0, 0.1) is 0 Å². The van der Waals surface area contributed by atoms with E-state index in [1.165, 1.54) is 4.90 Å². The molecule has 4 heteroatoms. The quantitative estimate of drug-likeness (QED) is 0.856. The highest BCUT2D eigenvalue weighted by Gasteiger charge is 2.11. The second-order valence-corrected chi connectivity index (χ2v) is 4.47. The lowest BCUT2D eigenvalue weighted by Gasteiger charge is -2.17. The number of para-hydroxylation sites is 1. The van der Waals surface area contributed by atoms with E-state index >= 15 is 0 Å². The van der Waals surface area contributed by atoms with Gasteiger partial charge in [-0.1, -0.05) is 35.9 Å². The second-order valence-electron chi connectivity index (χ2n) is 4.03. The average Bonchev–Trinajstić information content (AvgIpc) is 2.45. The molecule has 0 saturated carbocycles. The zero-order valence-corrected chi connectivity index (χ0v) is 11.3. The van der Waals surface area contributed by atoms with Crippen molar-refractivity contribution in [3.8, 4) is 5.75 Å². The third-order valence-corrected chi connectivity index (χ3v) is 2.91. The summed E-state index contributed by atoms with van der Waals surface area (Å²) in [6.45, 7) is -0.00692. The van der Waals surface area contributed by atoms with Gasteiger partial charge in [-0.15, -0.1) is 0 Å². The van der Waals surface area contributed by atoms with Gasteiger partial charge in [-0.05, 0) is 30.3 Å². The highest BCUT2D eigenvalue weighted by molar-refractivity contribution is 6.30. The van der Waals surface area contributed by atoms with E-state index in [9.17, 15) is 4.79 Å². The smallest absolute Gasteiger partial charge is 0.264 e. The lowest BCUT2D eigenvalue weighted by atomic mass is 10.3. The number of hydrogen-bond donors (Lipinski definition) is 0. The Hall–Kier alpha value is -2.00. The van der Waals surface area contributed by atoms with Crippen LogP contribution in [-0.4, -0.2) is 19.6 Å². The molecule has 0 saturated heterocycles. The van der Waals surface area contributed by atoms with Crippen LogP contribution >= 0.6 is 11.6 Å². The highest BCUT2D eigenvalue weighted by atomic mass is 35.5. The number of halogens is 1. The molecule has 19 heavy (non-hydrogen) atoms. The SMILES string of the molecule is CN(C(=O)COc1ccccc1)c1cccc(Cl)c1. The normalized spacial score (nSPS) is 10.0.